The molecule has 0 radical (unpaired) electrons. The first kappa shape index (κ1) is 29.5. The molecule has 1 atom stereocenters. The number of carboxylic acids is 1. The molecule has 13 heavy (non-hydrogen) atoms. The third-order valence-electron chi connectivity index (χ3n) is 1.04. The van der Waals surface area contributed by atoms with Crippen LogP contribution in [0, 0.1) is 5.92 Å². The molecular formula is C6H21NO6. The van der Waals surface area contributed by atoms with E-state index in [2.05, 4.69) is 0 Å². The topological polar surface area (TPSA) is 189 Å². The van der Waals surface area contributed by atoms with Gasteiger partial charge in [0.05, 0.1) is 0 Å². The van der Waals surface area contributed by atoms with E-state index < -0.39 is 12.0 Å². The first-order valence-corrected chi connectivity index (χ1v) is 3.02. The Balaban J connectivity index is -0.0000000533. The molecule has 0 aromatic carbocycles. The van der Waals surface area contributed by atoms with Crippen molar-refractivity contribution in [2.75, 3.05) is 0 Å². The van der Waals surface area contributed by atoms with Crippen molar-refractivity contribution in [2.24, 2.45) is 11.7 Å². The summed E-state index contributed by atoms with van der Waals surface area (Å²) in [5.41, 5.74) is 5.22. The Labute approximate surface area is 76.8 Å². The van der Waals surface area contributed by atoms with E-state index in [1.807, 2.05) is 13.8 Å². The maximum Gasteiger partial charge on any atom is 0.320 e. The van der Waals surface area contributed by atoms with Crippen molar-refractivity contribution in [2.45, 2.75) is 26.3 Å². The van der Waals surface area contributed by atoms with E-state index in [4.69, 9.17) is 10.8 Å². The van der Waals surface area contributed by atoms with Crippen LogP contribution in [0.1, 0.15) is 20.3 Å². The van der Waals surface area contributed by atoms with Gasteiger partial charge in [0.15, 0.2) is 0 Å². The van der Waals surface area contributed by atoms with Crippen LogP contribution < -0.4 is 5.73 Å². The second kappa shape index (κ2) is 13.8. The summed E-state index contributed by atoms with van der Waals surface area (Å²) in [6.45, 7) is 3.89. The van der Waals surface area contributed by atoms with Gasteiger partial charge < -0.3 is 32.7 Å². The number of nitrogens with two attached hydrogens (primary N) is 1. The molecule has 0 aromatic rings. The third kappa shape index (κ3) is 18.3. The van der Waals surface area contributed by atoms with E-state index in [1.54, 1.807) is 0 Å². The monoisotopic (exact) mass is 203 g/mol. The van der Waals surface area contributed by atoms with Crippen LogP contribution in [0.5, 0.6) is 0 Å². The lowest BCUT2D eigenvalue weighted by molar-refractivity contribution is -0.138. The first-order valence-electron chi connectivity index (χ1n) is 3.02. The number of carbonyl (C=O) groups is 1. The Morgan fingerprint density at radius 3 is 1.62 bits per heavy atom. The van der Waals surface area contributed by atoms with Crippen LogP contribution in [-0.2, 0) is 4.79 Å². The molecule has 0 saturated heterocycles. The van der Waals surface area contributed by atoms with Crippen LogP contribution in [0.2, 0.25) is 0 Å². The van der Waals surface area contributed by atoms with Gasteiger partial charge in [-0.05, 0) is 12.3 Å². The highest BCUT2D eigenvalue weighted by Gasteiger charge is 2.11. The molecule has 0 amide bonds. The van der Waals surface area contributed by atoms with Crippen LogP contribution in [0.3, 0.4) is 0 Å². The van der Waals surface area contributed by atoms with E-state index in [0.717, 1.165) is 0 Å². The molecule has 86 valence electrons. The zero-order valence-electron chi connectivity index (χ0n) is 7.79. The minimum Gasteiger partial charge on any atom is -0.480 e. The van der Waals surface area contributed by atoms with Crippen molar-refractivity contribution in [3.8, 4) is 0 Å². The minimum absolute atomic E-state index is 0. The summed E-state index contributed by atoms with van der Waals surface area (Å²) in [6, 6.07) is -0.690. The average molecular weight is 203 g/mol. The largest absolute Gasteiger partial charge is 0.480 e. The zero-order valence-corrected chi connectivity index (χ0v) is 7.79. The van der Waals surface area contributed by atoms with Crippen molar-refractivity contribution in [1.29, 1.82) is 0 Å². The number of hydrogen-bond acceptors (Lipinski definition) is 2. The van der Waals surface area contributed by atoms with Crippen molar-refractivity contribution in [3.63, 3.8) is 0 Å². The summed E-state index contributed by atoms with van der Waals surface area (Å²) >= 11 is 0. The molecule has 0 spiro atoms. The number of carboxylic acid groups (broad SMARTS) is 1. The van der Waals surface area contributed by atoms with Gasteiger partial charge in [-0.2, -0.15) is 0 Å². The highest BCUT2D eigenvalue weighted by molar-refractivity contribution is 5.72. The normalized spacial score (nSPS) is 9.54. The quantitative estimate of drug-likeness (QED) is 0.499. The molecule has 0 rings (SSSR count). The smallest absolute Gasteiger partial charge is 0.320 e. The molecule has 0 aliphatic heterocycles. The molecule has 0 aliphatic rings. The Morgan fingerprint density at radius 1 is 1.23 bits per heavy atom. The maximum absolute atomic E-state index is 10.1. The van der Waals surface area contributed by atoms with E-state index in [1.165, 1.54) is 0 Å². The standard InChI is InChI=1S/C6H13NO2.4H2O/c1-4(2)3-5(7)6(8)9;;;;/h4-5H,3,7H2,1-2H3,(H,8,9);4*1H2/t5-;;;;/m0..../s1. The Hall–Kier alpha value is -0.730. The molecule has 0 aliphatic carbocycles. The molecule has 0 heterocycles. The second-order valence-electron chi connectivity index (χ2n) is 2.57. The average Bonchev–Trinajstić information content (AvgIpc) is 1.63. The molecule has 7 heteroatoms. The third-order valence-corrected chi connectivity index (χ3v) is 1.04. The first-order chi connectivity index (χ1) is 4.04. The van der Waals surface area contributed by atoms with Gasteiger partial charge in [0.25, 0.3) is 0 Å². The maximum atomic E-state index is 10.1. The number of aliphatic carboxylic acids is 1. The van der Waals surface area contributed by atoms with Crippen LogP contribution in [0.25, 0.3) is 0 Å². The van der Waals surface area contributed by atoms with Gasteiger partial charge in [0.1, 0.15) is 6.04 Å². The second-order valence-corrected chi connectivity index (χ2v) is 2.57. The lowest BCUT2D eigenvalue weighted by atomic mass is 10.1. The van der Waals surface area contributed by atoms with E-state index in [0.29, 0.717) is 12.3 Å². The SMILES string of the molecule is CC(C)C[C@H](N)C(=O)O.O.O.O.O. The van der Waals surface area contributed by atoms with Gasteiger partial charge in [0, 0.05) is 0 Å². The Morgan fingerprint density at radius 2 is 1.54 bits per heavy atom. The van der Waals surface area contributed by atoms with Crippen LogP contribution in [-0.4, -0.2) is 39.0 Å². The molecular weight excluding hydrogens is 182 g/mol. The van der Waals surface area contributed by atoms with Gasteiger partial charge in [-0.25, -0.2) is 0 Å². The minimum atomic E-state index is -0.913. The summed E-state index contributed by atoms with van der Waals surface area (Å²) < 4.78 is 0. The van der Waals surface area contributed by atoms with E-state index >= 15 is 0 Å². The molecule has 0 fully saturated rings. The summed E-state index contributed by atoms with van der Waals surface area (Å²) in [4.78, 5) is 10.1. The van der Waals surface area contributed by atoms with Gasteiger partial charge in [-0.3, -0.25) is 4.79 Å². The van der Waals surface area contributed by atoms with Crippen molar-refractivity contribution in [3.05, 3.63) is 0 Å². The Bertz CT molecular complexity index is 107. The van der Waals surface area contributed by atoms with Gasteiger partial charge >= 0.3 is 5.97 Å². The van der Waals surface area contributed by atoms with Crippen molar-refractivity contribution < 1.29 is 31.8 Å². The lowest BCUT2D eigenvalue weighted by Crippen LogP contribution is -2.31. The number of hydrogen-bond donors (Lipinski definition) is 2. The lowest BCUT2D eigenvalue weighted by Gasteiger charge is -2.07. The summed E-state index contributed by atoms with van der Waals surface area (Å²) in [7, 11) is 0. The fraction of sp³-hybridized carbons (Fsp3) is 0.833. The van der Waals surface area contributed by atoms with Gasteiger partial charge in [-0.1, -0.05) is 13.8 Å². The van der Waals surface area contributed by atoms with Crippen LogP contribution >= 0.6 is 0 Å². The predicted octanol–water partition coefficient (Wildman–Crippen LogP) is -2.85. The summed E-state index contributed by atoms with van der Waals surface area (Å²) in [6.07, 6.45) is 0.551. The molecule has 7 nitrogen and oxygen atoms in total. The highest BCUT2D eigenvalue weighted by atomic mass is 16.4. The fourth-order valence-corrected chi connectivity index (χ4v) is 0.609. The van der Waals surface area contributed by atoms with Crippen molar-refractivity contribution >= 4 is 5.97 Å². The molecule has 11 N–H and O–H groups in total. The summed E-state index contributed by atoms with van der Waals surface area (Å²) in [5, 5.41) is 8.31. The molecule has 0 bridgehead atoms. The number of rotatable bonds is 3. The zero-order chi connectivity index (χ0) is 7.44. The Kier molecular flexibility index (Phi) is 31.4. The predicted molar refractivity (Wildman–Crippen MR) is 49.5 cm³/mol. The van der Waals surface area contributed by atoms with Crippen LogP contribution in [0.15, 0.2) is 0 Å². The molecule has 0 saturated carbocycles. The van der Waals surface area contributed by atoms with Gasteiger partial charge in [-0.15, -0.1) is 0 Å². The highest BCUT2D eigenvalue weighted by Crippen LogP contribution is 2.01. The van der Waals surface area contributed by atoms with E-state index in [9.17, 15) is 4.79 Å². The fourth-order valence-electron chi connectivity index (χ4n) is 0.609. The molecule has 0 aromatic heterocycles. The van der Waals surface area contributed by atoms with Crippen LogP contribution in [0.4, 0.5) is 0 Å². The van der Waals surface area contributed by atoms with Gasteiger partial charge in [0.2, 0.25) is 0 Å². The molecule has 0 unspecified atom stereocenters. The van der Waals surface area contributed by atoms with E-state index in [-0.39, 0.29) is 21.9 Å². The van der Waals surface area contributed by atoms with Crippen molar-refractivity contribution in [1.82, 2.24) is 0 Å². The summed E-state index contributed by atoms with van der Waals surface area (Å²) in [5.74, 6) is -0.556.